The second-order valence-corrected chi connectivity index (χ2v) is 16.7. The number of rotatable bonds is 13. The van der Waals surface area contributed by atoms with E-state index in [0.29, 0.717) is 54.5 Å². The van der Waals surface area contributed by atoms with Crippen LogP contribution in [0.3, 0.4) is 0 Å². The fourth-order valence-corrected chi connectivity index (χ4v) is 10.5. The molecule has 1 aromatic carbocycles. The van der Waals surface area contributed by atoms with E-state index >= 15 is 0 Å². The molecule has 0 aliphatic heterocycles. The van der Waals surface area contributed by atoms with E-state index < -0.39 is 5.41 Å². The number of esters is 2. The Balaban J connectivity index is 0.00000255. The molecule has 5 rings (SSSR count). The maximum Gasteiger partial charge on any atom is 0.311 e. The SMILES string of the molecule is CC.Cc1ccc(C)c(OCCCC(C)(C)C(=O)OCCOC(=O)CCCC2CCC3C4C(O)CC5CCCCC5(C)C4CCC23C)c1. The van der Waals surface area contributed by atoms with E-state index in [2.05, 4.69) is 26.0 Å². The molecule has 48 heavy (non-hydrogen) atoms. The summed E-state index contributed by atoms with van der Waals surface area (Å²) in [4.78, 5) is 25.3. The summed E-state index contributed by atoms with van der Waals surface area (Å²) in [5.41, 5.74) is 2.33. The van der Waals surface area contributed by atoms with Gasteiger partial charge in [0, 0.05) is 6.42 Å². The summed E-state index contributed by atoms with van der Waals surface area (Å²) < 4.78 is 16.9. The van der Waals surface area contributed by atoms with Gasteiger partial charge in [0.05, 0.1) is 18.1 Å². The Hall–Kier alpha value is -2.08. The minimum Gasteiger partial charge on any atom is -0.493 e. The Morgan fingerprint density at radius 3 is 2.40 bits per heavy atom. The first-order chi connectivity index (χ1) is 22.8. The number of aryl methyl sites for hydroxylation is 2. The predicted octanol–water partition coefficient (Wildman–Crippen LogP) is 9.79. The molecule has 0 radical (unpaired) electrons. The molecule has 272 valence electrons. The van der Waals surface area contributed by atoms with Crippen LogP contribution in [-0.2, 0) is 19.1 Å². The third-order valence-electron chi connectivity index (χ3n) is 13.4. The van der Waals surface area contributed by atoms with Crippen molar-refractivity contribution in [2.45, 2.75) is 151 Å². The summed E-state index contributed by atoms with van der Waals surface area (Å²) in [7, 11) is 0. The van der Waals surface area contributed by atoms with E-state index in [0.717, 1.165) is 42.6 Å². The maximum absolute atomic E-state index is 12.7. The molecule has 1 N–H and O–H groups in total. The Morgan fingerprint density at radius 1 is 0.896 bits per heavy atom. The van der Waals surface area contributed by atoms with Gasteiger partial charge in [-0.15, -0.1) is 0 Å². The number of hydrogen-bond donors (Lipinski definition) is 1. The van der Waals surface area contributed by atoms with Crippen LogP contribution in [0.1, 0.15) is 143 Å². The normalized spacial score (nSPS) is 32.5. The van der Waals surface area contributed by atoms with Crippen molar-refractivity contribution in [1.82, 2.24) is 0 Å². The first kappa shape index (κ1) is 38.7. The second-order valence-electron chi connectivity index (χ2n) is 16.7. The zero-order valence-electron chi connectivity index (χ0n) is 31.7. The molecule has 1 aromatic rings. The Kier molecular flexibility index (Phi) is 13.5. The van der Waals surface area contributed by atoms with E-state index in [1.54, 1.807) is 0 Å². The van der Waals surface area contributed by atoms with Gasteiger partial charge in [-0.3, -0.25) is 9.59 Å². The molecule has 8 atom stereocenters. The summed E-state index contributed by atoms with van der Waals surface area (Å²) in [5.74, 6) is 3.48. The van der Waals surface area contributed by atoms with Crippen LogP contribution in [-0.4, -0.2) is 43.0 Å². The van der Waals surface area contributed by atoms with Crippen molar-refractivity contribution in [2.24, 2.45) is 45.8 Å². The number of carbonyl (C=O) groups excluding carboxylic acids is 2. The molecule has 4 aliphatic rings. The van der Waals surface area contributed by atoms with Gasteiger partial charge in [0.1, 0.15) is 19.0 Å². The molecule has 0 bridgehead atoms. The lowest BCUT2D eigenvalue weighted by Crippen LogP contribution is -2.57. The van der Waals surface area contributed by atoms with Gasteiger partial charge in [-0.1, -0.05) is 52.7 Å². The molecule has 4 fully saturated rings. The van der Waals surface area contributed by atoms with Crippen LogP contribution >= 0.6 is 0 Å². The first-order valence-electron chi connectivity index (χ1n) is 19.6. The van der Waals surface area contributed by atoms with Gasteiger partial charge >= 0.3 is 11.9 Å². The molecule has 6 nitrogen and oxygen atoms in total. The van der Waals surface area contributed by atoms with Crippen molar-refractivity contribution in [3.8, 4) is 5.75 Å². The third kappa shape index (κ3) is 8.61. The van der Waals surface area contributed by atoms with Gasteiger partial charge in [-0.2, -0.15) is 0 Å². The van der Waals surface area contributed by atoms with E-state index in [9.17, 15) is 14.7 Å². The predicted molar refractivity (Wildman–Crippen MR) is 193 cm³/mol. The van der Waals surface area contributed by atoms with Crippen molar-refractivity contribution in [3.05, 3.63) is 29.3 Å². The summed E-state index contributed by atoms with van der Waals surface area (Å²) in [5, 5.41) is 11.4. The van der Waals surface area contributed by atoms with Crippen LogP contribution in [0.15, 0.2) is 18.2 Å². The van der Waals surface area contributed by atoms with E-state index in [4.69, 9.17) is 14.2 Å². The molecule has 0 aromatic heterocycles. The van der Waals surface area contributed by atoms with Crippen LogP contribution in [0, 0.1) is 59.7 Å². The lowest BCUT2D eigenvalue weighted by Gasteiger charge is -2.62. The van der Waals surface area contributed by atoms with Crippen LogP contribution in [0.5, 0.6) is 5.75 Å². The molecule has 0 spiro atoms. The summed E-state index contributed by atoms with van der Waals surface area (Å²) >= 11 is 0. The van der Waals surface area contributed by atoms with Gasteiger partial charge in [-0.05, 0) is 156 Å². The minimum atomic E-state index is -0.632. The Bertz CT molecular complexity index is 1210. The average Bonchev–Trinajstić information content (AvgIpc) is 3.40. The fourth-order valence-electron chi connectivity index (χ4n) is 10.5. The summed E-state index contributed by atoms with van der Waals surface area (Å²) in [6, 6.07) is 6.17. The highest BCUT2D eigenvalue weighted by Crippen LogP contribution is 2.67. The van der Waals surface area contributed by atoms with Crippen LogP contribution in [0.25, 0.3) is 0 Å². The lowest BCUT2D eigenvalue weighted by atomic mass is 9.44. The molecule has 8 unspecified atom stereocenters. The quantitative estimate of drug-likeness (QED) is 0.166. The Morgan fingerprint density at radius 2 is 1.62 bits per heavy atom. The Labute approximate surface area is 292 Å². The molecular formula is C42H68O6. The van der Waals surface area contributed by atoms with Gasteiger partial charge in [0.2, 0.25) is 0 Å². The van der Waals surface area contributed by atoms with Gasteiger partial charge < -0.3 is 19.3 Å². The third-order valence-corrected chi connectivity index (χ3v) is 13.4. The zero-order chi connectivity index (χ0) is 35.1. The van der Waals surface area contributed by atoms with Gasteiger partial charge in [0.15, 0.2) is 0 Å². The number of benzene rings is 1. The number of aliphatic hydroxyl groups is 1. The molecule has 6 heteroatoms. The van der Waals surface area contributed by atoms with E-state index in [1.807, 2.05) is 47.6 Å². The number of hydrogen-bond acceptors (Lipinski definition) is 6. The maximum atomic E-state index is 12.7. The molecule has 0 amide bonds. The number of aliphatic hydroxyl groups excluding tert-OH is 1. The standard InChI is InChI=1S/C40H62O6.C2H6/c1-27-14-15-28(2)34(25-27)44-22-10-19-38(3,4)37(43)46-24-23-45-35(42)13-9-12-29-16-17-31-36-32(18-21-40(29,31)6)39(5)20-8-7-11-30(39)26-33(36)41;1-2/h14-15,25,29-33,36,41H,7-13,16-24,26H2,1-6H3;1-2H3. The van der Waals surface area contributed by atoms with E-state index in [-0.39, 0.29) is 36.7 Å². The van der Waals surface area contributed by atoms with Crippen LogP contribution < -0.4 is 4.74 Å². The minimum absolute atomic E-state index is 0.0834. The van der Waals surface area contributed by atoms with Crippen molar-refractivity contribution >= 4 is 11.9 Å². The van der Waals surface area contributed by atoms with Crippen LogP contribution in [0.2, 0.25) is 0 Å². The zero-order valence-corrected chi connectivity index (χ0v) is 31.7. The molecule has 0 heterocycles. The fraction of sp³-hybridized carbons (Fsp3) is 0.810. The van der Waals surface area contributed by atoms with Crippen LogP contribution in [0.4, 0.5) is 0 Å². The number of ether oxygens (including phenoxy) is 3. The summed E-state index contributed by atoms with van der Waals surface area (Å²) in [6.45, 7) is 17.6. The molecule has 4 aliphatic carbocycles. The highest BCUT2D eigenvalue weighted by molar-refractivity contribution is 5.75. The largest absolute Gasteiger partial charge is 0.493 e. The second kappa shape index (κ2) is 16.8. The first-order valence-corrected chi connectivity index (χ1v) is 19.6. The van der Waals surface area contributed by atoms with Crippen molar-refractivity contribution in [2.75, 3.05) is 19.8 Å². The van der Waals surface area contributed by atoms with Crippen molar-refractivity contribution < 1.29 is 28.9 Å². The smallest absolute Gasteiger partial charge is 0.311 e. The highest BCUT2D eigenvalue weighted by atomic mass is 16.6. The molecule has 0 saturated heterocycles. The monoisotopic (exact) mass is 669 g/mol. The number of carbonyl (C=O) groups is 2. The van der Waals surface area contributed by atoms with Gasteiger partial charge in [-0.25, -0.2) is 0 Å². The molecule has 4 saturated carbocycles. The number of fused-ring (bicyclic) bond motifs is 5. The average molecular weight is 669 g/mol. The van der Waals surface area contributed by atoms with Crippen molar-refractivity contribution in [3.63, 3.8) is 0 Å². The topological polar surface area (TPSA) is 82.1 Å². The van der Waals surface area contributed by atoms with E-state index in [1.165, 1.54) is 51.4 Å². The molecular weight excluding hydrogens is 600 g/mol. The lowest BCUT2D eigenvalue weighted by molar-refractivity contribution is -0.163. The van der Waals surface area contributed by atoms with Gasteiger partial charge in [0.25, 0.3) is 0 Å². The summed E-state index contributed by atoms with van der Waals surface area (Å²) in [6.07, 6.45) is 14.9. The highest BCUT2D eigenvalue weighted by Gasteiger charge is 2.61. The van der Waals surface area contributed by atoms with Crippen molar-refractivity contribution in [1.29, 1.82) is 0 Å².